The molecule has 0 radical (unpaired) electrons. The van der Waals surface area contributed by atoms with E-state index in [0.29, 0.717) is 23.4 Å². The first-order valence-corrected chi connectivity index (χ1v) is 6.60. The number of nitrogens with two attached hydrogens (primary N) is 1. The summed E-state index contributed by atoms with van der Waals surface area (Å²) < 4.78 is 0. The van der Waals surface area contributed by atoms with Crippen molar-refractivity contribution in [1.29, 1.82) is 0 Å². The smallest absolute Gasteiger partial charge is 0.0838 e. The Labute approximate surface area is 104 Å². The largest absolute Gasteiger partial charge is 0.398 e. The summed E-state index contributed by atoms with van der Waals surface area (Å²) in [4.78, 5) is 0. The van der Waals surface area contributed by atoms with Gasteiger partial charge in [0.25, 0.3) is 0 Å². The summed E-state index contributed by atoms with van der Waals surface area (Å²) in [6.07, 6.45) is 3.11. The van der Waals surface area contributed by atoms with Crippen LogP contribution in [0.5, 0.6) is 0 Å². The molecule has 3 atom stereocenters. The van der Waals surface area contributed by atoms with Crippen LogP contribution < -0.4 is 5.73 Å². The van der Waals surface area contributed by atoms with Crippen LogP contribution in [0, 0.1) is 17.8 Å². The van der Waals surface area contributed by atoms with Gasteiger partial charge in [0.2, 0.25) is 0 Å². The zero-order valence-electron chi connectivity index (χ0n) is 10.8. The number of aliphatic hydroxyl groups is 1. The van der Waals surface area contributed by atoms with Crippen LogP contribution in [-0.4, -0.2) is 5.11 Å². The molecule has 0 saturated heterocycles. The minimum absolute atomic E-state index is 0.360. The molecular formula is C15H23NO. The van der Waals surface area contributed by atoms with Gasteiger partial charge in [-0.25, -0.2) is 0 Å². The van der Waals surface area contributed by atoms with Crippen LogP contribution in [-0.2, 0) is 0 Å². The van der Waals surface area contributed by atoms with E-state index in [2.05, 4.69) is 13.8 Å². The van der Waals surface area contributed by atoms with Gasteiger partial charge in [0.1, 0.15) is 0 Å². The molecule has 2 rings (SSSR count). The lowest BCUT2D eigenvalue weighted by atomic mass is 9.73. The maximum absolute atomic E-state index is 10.5. The number of anilines is 1. The van der Waals surface area contributed by atoms with Gasteiger partial charge in [-0.1, -0.05) is 32.0 Å². The first-order valence-electron chi connectivity index (χ1n) is 6.60. The van der Waals surface area contributed by atoms with Crippen LogP contribution in [0.15, 0.2) is 24.3 Å². The number of hydrogen-bond acceptors (Lipinski definition) is 2. The molecule has 2 heteroatoms. The van der Waals surface area contributed by atoms with E-state index in [1.54, 1.807) is 0 Å². The van der Waals surface area contributed by atoms with E-state index in [9.17, 15) is 5.11 Å². The van der Waals surface area contributed by atoms with E-state index in [1.807, 2.05) is 24.3 Å². The molecule has 2 nitrogen and oxygen atoms in total. The molecule has 0 bridgehead atoms. The lowest BCUT2D eigenvalue weighted by Crippen LogP contribution is -2.25. The van der Waals surface area contributed by atoms with Gasteiger partial charge < -0.3 is 10.8 Å². The standard InChI is InChI=1S/C15H23NO/c1-10-7-11(2)9-12(8-10)15(17)13-5-3-4-6-14(13)16/h3-6,10-12,15,17H,7-9,16H2,1-2H3. The molecule has 0 amide bonds. The highest BCUT2D eigenvalue weighted by atomic mass is 16.3. The fourth-order valence-electron chi connectivity index (χ4n) is 3.30. The molecule has 0 spiro atoms. The van der Waals surface area contributed by atoms with Gasteiger partial charge in [-0.3, -0.25) is 0 Å². The molecule has 0 heterocycles. The summed E-state index contributed by atoms with van der Waals surface area (Å²) in [5.74, 6) is 1.78. The molecule has 0 aromatic heterocycles. The second-order valence-corrected chi connectivity index (χ2v) is 5.75. The van der Waals surface area contributed by atoms with Crippen molar-refractivity contribution in [1.82, 2.24) is 0 Å². The Balaban J connectivity index is 2.14. The Bertz CT molecular complexity index is 367. The predicted octanol–water partition coefficient (Wildman–Crippen LogP) is 3.37. The quantitative estimate of drug-likeness (QED) is 0.769. The van der Waals surface area contributed by atoms with Crippen molar-refractivity contribution >= 4 is 5.69 Å². The van der Waals surface area contributed by atoms with Crippen molar-refractivity contribution in [2.24, 2.45) is 17.8 Å². The van der Waals surface area contributed by atoms with E-state index in [4.69, 9.17) is 5.73 Å². The van der Waals surface area contributed by atoms with E-state index in [1.165, 1.54) is 6.42 Å². The Hall–Kier alpha value is -1.02. The number of nitrogen functional groups attached to an aromatic ring is 1. The molecule has 3 unspecified atom stereocenters. The highest BCUT2D eigenvalue weighted by Gasteiger charge is 2.30. The number of aliphatic hydroxyl groups excluding tert-OH is 1. The molecule has 1 fully saturated rings. The van der Waals surface area contributed by atoms with Crippen molar-refractivity contribution in [2.75, 3.05) is 5.73 Å². The van der Waals surface area contributed by atoms with Crippen molar-refractivity contribution in [3.8, 4) is 0 Å². The fraction of sp³-hybridized carbons (Fsp3) is 0.600. The molecule has 1 aromatic carbocycles. The van der Waals surface area contributed by atoms with Gasteiger partial charge in [-0.2, -0.15) is 0 Å². The maximum atomic E-state index is 10.5. The summed E-state index contributed by atoms with van der Waals surface area (Å²) >= 11 is 0. The molecule has 1 aliphatic carbocycles. The van der Waals surface area contributed by atoms with Gasteiger partial charge in [0, 0.05) is 11.3 Å². The average molecular weight is 233 g/mol. The monoisotopic (exact) mass is 233 g/mol. The second kappa shape index (κ2) is 5.09. The maximum Gasteiger partial charge on any atom is 0.0838 e. The van der Waals surface area contributed by atoms with Crippen LogP contribution in [0.2, 0.25) is 0 Å². The summed E-state index contributed by atoms with van der Waals surface area (Å²) in [6, 6.07) is 7.68. The summed E-state index contributed by atoms with van der Waals surface area (Å²) in [5.41, 5.74) is 7.55. The van der Waals surface area contributed by atoms with E-state index >= 15 is 0 Å². The highest BCUT2D eigenvalue weighted by Crippen LogP contribution is 2.40. The molecule has 94 valence electrons. The Morgan fingerprint density at radius 2 is 1.71 bits per heavy atom. The van der Waals surface area contributed by atoms with Gasteiger partial charge in [0.15, 0.2) is 0 Å². The highest BCUT2D eigenvalue weighted by molar-refractivity contribution is 5.47. The third kappa shape index (κ3) is 2.81. The average Bonchev–Trinajstić information content (AvgIpc) is 2.27. The number of rotatable bonds is 2. The second-order valence-electron chi connectivity index (χ2n) is 5.75. The van der Waals surface area contributed by atoms with Crippen molar-refractivity contribution in [2.45, 2.75) is 39.2 Å². The van der Waals surface area contributed by atoms with Crippen LogP contribution in [0.1, 0.15) is 44.8 Å². The van der Waals surface area contributed by atoms with Crippen molar-refractivity contribution in [3.05, 3.63) is 29.8 Å². The molecule has 1 saturated carbocycles. The Morgan fingerprint density at radius 3 is 2.29 bits per heavy atom. The summed E-state index contributed by atoms with van der Waals surface area (Å²) in [6.45, 7) is 4.56. The topological polar surface area (TPSA) is 46.2 Å². The molecule has 1 aliphatic rings. The lowest BCUT2D eigenvalue weighted by molar-refractivity contribution is 0.0557. The SMILES string of the molecule is CC1CC(C)CC(C(O)c2ccccc2N)C1. The third-order valence-corrected chi connectivity index (χ3v) is 3.98. The molecule has 3 N–H and O–H groups in total. The first kappa shape index (κ1) is 12.4. The zero-order valence-corrected chi connectivity index (χ0v) is 10.8. The third-order valence-electron chi connectivity index (χ3n) is 3.98. The zero-order chi connectivity index (χ0) is 12.4. The van der Waals surface area contributed by atoms with Crippen molar-refractivity contribution in [3.63, 3.8) is 0 Å². The normalized spacial score (nSPS) is 31.1. The van der Waals surface area contributed by atoms with Gasteiger partial charge in [0.05, 0.1) is 6.10 Å². The Kier molecular flexibility index (Phi) is 3.72. The van der Waals surface area contributed by atoms with Crippen LogP contribution >= 0.6 is 0 Å². The molecule has 1 aromatic rings. The summed E-state index contributed by atoms with van der Waals surface area (Å²) in [7, 11) is 0. The van der Waals surface area contributed by atoms with E-state index < -0.39 is 6.10 Å². The summed E-state index contributed by atoms with van der Waals surface area (Å²) in [5, 5.41) is 10.5. The van der Waals surface area contributed by atoms with Gasteiger partial charge in [-0.15, -0.1) is 0 Å². The minimum Gasteiger partial charge on any atom is -0.398 e. The van der Waals surface area contributed by atoms with Crippen molar-refractivity contribution < 1.29 is 5.11 Å². The van der Waals surface area contributed by atoms with Crippen LogP contribution in [0.4, 0.5) is 5.69 Å². The number of hydrogen-bond donors (Lipinski definition) is 2. The molecule has 17 heavy (non-hydrogen) atoms. The van der Waals surface area contributed by atoms with Crippen LogP contribution in [0.3, 0.4) is 0 Å². The number of benzene rings is 1. The molecule has 0 aliphatic heterocycles. The minimum atomic E-state index is -0.401. The first-order chi connectivity index (χ1) is 8.08. The van der Waals surface area contributed by atoms with Gasteiger partial charge in [-0.05, 0) is 43.1 Å². The van der Waals surface area contributed by atoms with Crippen LogP contribution in [0.25, 0.3) is 0 Å². The fourth-order valence-corrected chi connectivity index (χ4v) is 3.30. The Morgan fingerprint density at radius 1 is 1.12 bits per heavy atom. The lowest BCUT2D eigenvalue weighted by Gasteiger charge is -2.34. The molecular weight excluding hydrogens is 210 g/mol. The van der Waals surface area contributed by atoms with E-state index in [0.717, 1.165) is 18.4 Å². The number of para-hydroxylation sites is 1. The van der Waals surface area contributed by atoms with Gasteiger partial charge >= 0.3 is 0 Å². The predicted molar refractivity (Wildman–Crippen MR) is 71.5 cm³/mol. The van der Waals surface area contributed by atoms with E-state index in [-0.39, 0.29) is 0 Å².